The van der Waals surface area contributed by atoms with Crippen LogP contribution in [0.1, 0.15) is 34.2 Å². The summed E-state index contributed by atoms with van der Waals surface area (Å²) >= 11 is 0. The zero-order chi connectivity index (χ0) is 24.0. The molecular weight excluding hydrogens is 432 g/mol. The summed E-state index contributed by atoms with van der Waals surface area (Å²) in [5.41, 5.74) is 5.69. The van der Waals surface area contributed by atoms with Gasteiger partial charge in [-0.2, -0.15) is 0 Å². The maximum atomic E-state index is 14.0. The fourth-order valence-electron chi connectivity index (χ4n) is 5.05. The Morgan fingerprint density at radius 3 is 2.26 bits per heavy atom. The van der Waals surface area contributed by atoms with Crippen molar-refractivity contribution in [3.05, 3.63) is 131 Å². The Morgan fingerprint density at radius 2 is 1.54 bits per heavy atom. The standard InChI is InChI=1S/C31H30N2O2/c1-35-27-18-16-25(17-19-27)29(31(34)32-22-23-10-4-2-5-11-23)30-28-15-9-8-12-24(28)20-21-33(30)26-13-6-3-7-14-26/h2-19,29-30H,20-22H2,1H3,(H,32,34)/t29-,30-/m1/s1. The third-order valence-electron chi connectivity index (χ3n) is 6.80. The van der Waals surface area contributed by atoms with Gasteiger partial charge in [0.15, 0.2) is 0 Å². The number of nitrogens with zero attached hydrogens (tertiary/aromatic N) is 1. The molecule has 0 aromatic heterocycles. The van der Waals surface area contributed by atoms with Crippen LogP contribution in [-0.2, 0) is 17.8 Å². The SMILES string of the molecule is COc1ccc([C@@H](C(=O)NCc2ccccc2)[C@H]2c3ccccc3CCN2c2ccccc2)cc1. The maximum Gasteiger partial charge on any atom is 0.230 e. The van der Waals surface area contributed by atoms with Gasteiger partial charge in [-0.25, -0.2) is 0 Å². The first-order valence-electron chi connectivity index (χ1n) is 12.1. The van der Waals surface area contributed by atoms with Crippen molar-refractivity contribution in [1.82, 2.24) is 5.32 Å². The van der Waals surface area contributed by atoms with E-state index >= 15 is 0 Å². The number of fused-ring (bicyclic) bond motifs is 1. The molecule has 5 rings (SSSR count). The number of amides is 1. The molecule has 176 valence electrons. The lowest BCUT2D eigenvalue weighted by molar-refractivity contribution is -0.123. The van der Waals surface area contributed by atoms with Crippen molar-refractivity contribution in [2.45, 2.75) is 24.9 Å². The summed E-state index contributed by atoms with van der Waals surface area (Å²) < 4.78 is 5.40. The van der Waals surface area contributed by atoms with E-state index in [1.807, 2.05) is 60.7 Å². The molecule has 4 heteroatoms. The molecule has 0 bridgehead atoms. The molecule has 0 spiro atoms. The molecule has 4 aromatic carbocycles. The number of ether oxygens (including phenoxy) is 1. The lowest BCUT2D eigenvalue weighted by Gasteiger charge is -2.43. The van der Waals surface area contributed by atoms with Crippen LogP contribution in [-0.4, -0.2) is 19.6 Å². The van der Waals surface area contributed by atoms with Gasteiger partial charge in [0, 0.05) is 18.8 Å². The molecule has 2 atom stereocenters. The van der Waals surface area contributed by atoms with Crippen LogP contribution in [0.4, 0.5) is 5.69 Å². The largest absolute Gasteiger partial charge is 0.497 e. The fourth-order valence-corrected chi connectivity index (χ4v) is 5.05. The van der Waals surface area contributed by atoms with Crippen LogP contribution in [0, 0.1) is 0 Å². The van der Waals surface area contributed by atoms with E-state index in [0.29, 0.717) is 6.54 Å². The number of carbonyl (C=O) groups is 1. The second-order valence-electron chi connectivity index (χ2n) is 8.88. The van der Waals surface area contributed by atoms with Gasteiger partial charge < -0.3 is 15.0 Å². The molecule has 0 radical (unpaired) electrons. The number of carbonyl (C=O) groups excluding carboxylic acids is 1. The first-order chi connectivity index (χ1) is 17.2. The summed E-state index contributed by atoms with van der Waals surface area (Å²) in [6.45, 7) is 1.34. The van der Waals surface area contributed by atoms with Crippen molar-refractivity contribution in [3.8, 4) is 5.75 Å². The number of methoxy groups -OCH3 is 1. The summed E-state index contributed by atoms with van der Waals surface area (Å²) in [5, 5.41) is 3.23. The van der Waals surface area contributed by atoms with E-state index in [9.17, 15) is 4.79 Å². The van der Waals surface area contributed by atoms with Crippen LogP contribution in [0.3, 0.4) is 0 Å². The molecule has 4 nitrogen and oxygen atoms in total. The fraction of sp³-hybridized carbons (Fsp3) is 0.194. The average molecular weight is 463 g/mol. The first-order valence-corrected chi connectivity index (χ1v) is 12.1. The zero-order valence-corrected chi connectivity index (χ0v) is 19.9. The Bertz CT molecular complexity index is 1260. The van der Waals surface area contributed by atoms with Crippen molar-refractivity contribution in [1.29, 1.82) is 0 Å². The highest BCUT2D eigenvalue weighted by atomic mass is 16.5. The summed E-state index contributed by atoms with van der Waals surface area (Å²) in [6.07, 6.45) is 0.947. The van der Waals surface area contributed by atoms with Crippen molar-refractivity contribution in [2.75, 3.05) is 18.6 Å². The molecule has 0 unspecified atom stereocenters. The van der Waals surface area contributed by atoms with E-state index in [1.165, 1.54) is 11.1 Å². The van der Waals surface area contributed by atoms with Crippen molar-refractivity contribution in [3.63, 3.8) is 0 Å². The van der Waals surface area contributed by atoms with E-state index in [1.54, 1.807) is 7.11 Å². The quantitative estimate of drug-likeness (QED) is 0.372. The molecule has 1 aliphatic heterocycles. The number of para-hydroxylation sites is 1. The normalized spacial score (nSPS) is 15.7. The van der Waals surface area contributed by atoms with E-state index in [2.05, 4.69) is 58.7 Å². The Kier molecular flexibility index (Phi) is 6.80. The molecule has 0 saturated heterocycles. The molecule has 1 heterocycles. The summed E-state index contributed by atoms with van der Waals surface area (Å²) in [4.78, 5) is 16.4. The van der Waals surface area contributed by atoms with Crippen LogP contribution in [0.15, 0.2) is 109 Å². The number of anilines is 1. The predicted octanol–water partition coefficient (Wildman–Crippen LogP) is 5.90. The minimum absolute atomic E-state index is 0.0154. The molecule has 0 fully saturated rings. The Hall–Kier alpha value is -4.05. The van der Waals surface area contributed by atoms with Crippen LogP contribution in [0.2, 0.25) is 0 Å². The van der Waals surface area contributed by atoms with Crippen LogP contribution in [0.5, 0.6) is 5.75 Å². The van der Waals surface area contributed by atoms with E-state index < -0.39 is 5.92 Å². The van der Waals surface area contributed by atoms with Crippen molar-refractivity contribution >= 4 is 11.6 Å². The number of benzene rings is 4. The van der Waals surface area contributed by atoms with Crippen molar-refractivity contribution in [2.24, 2.45) is 0 Å². The molecular formula is C31H30N2O2. The highest BCUT2D eigenvalue weighted by molar-refractivity contribution is 5.86. The van der Waals surface area contributed by atoms with Gasteiger partial charge in [0.05, 0.1) is 19.1 Å². The number of hydrogen-bond acceptors (Lipinski definition) is 3. The van der Waals surface area contributed by atoms with Gasteiger partial charge in [0.2, 0.25) is 5.91 Å². The summed E-state index contributed by atoms with van der Waals surface area (Å²) in [6, 6.07) is 36.8. The van der Waals surface area contributed by atoms with E-state index in [-0.39, 0.29) is 11.9 Å². The van der Waals surface area contributed by atoms with Crippen molar-refractivity contribution < 1.29 is 9.53 Å². The van der Waals surface area contributed by atoms with E-state index in [4.69, 9.17) is 4.74 Å². The molecule has 35 heavy (non-hydrogen) atoms. The van der Waals surface area contributed by atoms with Gasteiger partial charge in [0.1, 0.15) is 5.75 Å². The summed E-state index contributed by atoms with van der Waals surface area (Å²) in [5.74, 6) is 0.397. The molecule has 4 aromatic rings. The number of nitrogens with one attached hydrogen (secondary N) is 1. The third-order valence-corrected chi connectivity index (χ3v) is 6.80. The smallest absolute Gasteiger partial charge is 0.230 e. The lowest BCUT2D eigenvalue weighted by atomic mass is 9.80. The highest BCUT2D eigenvalue weighted by Crippen LogP contribution is 2.43. The van der Waals surface area contributed by atoms with Gasteiger partial charge in [0.25, 0.3) is 0 Å². The number of hydrogen-bond donors (Lipinski definition) is 1. The van der Waals surface area contributed by atoms with Crippen LogP contribution >= 0.6 is 0 Å². The van der Waals surface area contributed by atoms with Crippen LogP contribution < -0.4 is 15.0 Å². The van der Waals surface area contributed by atoms with Gasteiger partial charge in [-0.05, 0) is 52.9 Å². The van der Waals surface area contributed by atoms with Crippen LogP contribution in [0.25, 0.3) is 0 Å². The second kappa shape index (κ2) is 10.5. The average Bonchev–Trinajstić information content (AvgIpc) is 2.93. The molecule has 0 aliphatic carbocycles. The molecule has 1 N–H and O–H groups in total. The highest BCUT2D eigenvalue weighted by Gasteiger charge is 2.38. The minimum Gasteiger partial charge on any atom is -0.497 e. The molecule has 0 saturated carbocycles. The third kappa shape index (κ3) is 4.92. The lowest BCUT2D eigenvalue weighted by Crippen LogP contribution is -2.43. The molecule has 1 amide bonds. The van der Waals surface area contributed by atoms with Gasteiger partial charge >= 0.3 is 0 Å². The maximum absolute atomic E-state index is 14.0. The summed E-state index contributed by atoms with van der Waals surface area (Å²) in [7, 11) is 1.66. The molecule has 1 aliphatic rings. The Morgan fingerprint density at radius 1 is 0.886 bits per heavy atom. The monoisotopic (exact) mass is 462 g/mol. The van der Waals surface area contributed by atoms with E-state index in [0.717, 1.165) is 35.5 Å². The predicted molar refractivity (Wildman–Crippen MR) is 141 cm³/mol. The topological polar surface area (TPSA) is 41.6 Å². The van der Waals surface area contributed by atoms with Gasteiger partial charge in [-0.3, -0.25) is 4.79 Å². The Balaban J connectivity index is 1.58. The minimum atomic E-state index is -0.397. The second-order valence-corrected chi connectivity index (χ2v) is 8.88. The Labute approximate surface area is 207 Å². The van der Waals surface area contributed by atoms with Gasteiger partial charge in [-0.1, -0.05) is 84.9 Å². The van der Waals surface area contributed by atoms with Gasteiger partial charge in [-0.15, -0.1) is 0 Å². The first kappa shape index (κ1) is 22.7. The zero-order valence-electron chi connectivity index (χ0n) is 19.9. The number of rotatable bonds is 7.